The second kappa shape index (κ2) is 17.5. The summed E-state index contributed by atoms with van der Waals surface area (Å²) in [6.45, 7) is 4.43. The summed E-state index contributed by atoms with van der Waals surface area (Å²) in [7, 11) is 0. The second-order valence-electron chi connectivity index (χ2n) is 15.5. The number of aryl methyl sites for hydroxylation is 2. The van der Waals surface area contributed by atoms with Gasteiger partial charge in [-0.1, -0.05) is 231 Å². The van der Waals surface area contributed by atoms with Gasteiger partial charge in [0, 0.05) is 0 Å². The van der Waals surface area contributed by atoms with E-state index in [2.05, 4.69) is 257 Å². The van der Waals surface area contributed by atoms with Gasteiger partial charge in [0.05, 0.1) is 0 Å². The summed E-state index contributed by atoms with van der Waals surface area (Å²) in [4.78, 5) is 0. The molecule has 0 bridgehead atoms. The van der Waals surface area contributed by atoms with E-state index >= 15 is 0 Å². The number of hydrogen-bond donors (Lipinski definition) is 0. The van der Waals surface area contributed by atoms with Gasteiger partial charge in [0.2, 0.25) is 0 Å². The molecule has 0 unspecified atom stereocenters. The highest BCUT2D eigenvalue weighted by atomic mass is 14.1. The molecule has 9 aromatic carbocycles. The Labute approximate surface area is 355 Å². The quantitative estimate of drug-likeness (QED) is 0.122. The van der Waals surface area contributed by atoms with E-state index in [0.717, 1.165) is 0 Å². The van der Waals surface area contributed by atoms with E-state index < -0.39 is 0 Å². The average Bonchev–Trinajstić information content (AvgIpc) is 3.31. The molecular weight excluding hydrogens is 721 g/mol. The molecule has 0 saturated carbocycles. The molecular formula is C60H46. The smallest absolute Gasteiger partial charge is 0.0105 e. The Hall–Kier alpha value is -7.54. The zero-order valence-electron chi connectivity index (χ0n) is 34.1. The molecule has 0 heterocycles. The highest BCUT2D eigenvalue weighted by Gasteiger charge is 2.10. The maximum atomic E-state index is 2.31. The molecule has 0 aliphatic rings. The lowest BCUT2D eigenvalue weighted by Gasteiger charge is -2.12. The van der Waals surface area contributed by atoms with Crippen molar-refractivity contribution >= 4 is 23.3 Å². The van der Waals surface area contributed by atoms with E-state index in [1.54, 1.807) is 0 Å². The minimum atomic E-state index is 1.18. The lowest BCUT2D eigenvalue weighted by atomic mass is 9.92. The van der Waals surface area contributed by atoms with Crippen LogP contribution < -0.4 is 0 Å². The maximum Gasteiger partial charge on any atom is -0.0105 e. The summed E-state index contributed by atoms with van der Waals surface area (Å²) >= 11 is 0. The van der Waals surface area contributed by atoms with Crippen molar-refractivity contribution in [3.05, 3.63) is 275 Å². The van der Waals surface area contributed by atoms with Crippen LogP contribution in [-0.4, -0.2) is 0 Å². The van der Waals surface area contributed by atoms with Gasteiger partial charge in [0.25, 0.3) is 0 Å². The fourth-order valence-corrected chi connectivity index (χ4v) is 8.18. The van der Waals surface area contributed by atoms with Gasteiger partial charge in [-0.05, 0) is 126 Å². The summed E-state index contributed by atoms with van der Waals surface area (Å²) in [5.41, 5.74) is 22.0. The van der Waals surface area contributed by atoms with Crippen molar-refractivity contribution in [2.75, 3.05) is 0 Å². The molecule has 0 aliphatic heterocycles. The Balaban J connectivity index is 0.897. The van der Waals surface area contributed by atoms with Crippen LogP contribution in [-0.2, 0) is 0 Å². The summed E-state index contributed by atoms with van der Waals surface area (Å²) < 4.78 is 0. The third-order valence-corrected chi connectivity index (χ3v) is 11.4. The van der Waals surface area contributed by atoms with Crippen molar-refractivity contribution in [1.82, 2.24) is 0 Å². The van der Waals surface area contributed by atoms with Crippen LogP contribution in [0, 0.1) is 13.8 Å². The molecule has 0 nitrogen and oxygen atoms in total. The van der Waals surface area contributed by atoms with Crippen molar-refractivity contribution in [2.24, 2.45) is 0 Å². The van der Waals surface area contributed by atoms with Crippen LogP contribution in [0.3, 0.4) is 0 Å². The van der Waals surface area contributed by atoms with Gasteiger partial charge < -0.3 is 0 Å². The highest BCUT2D eigenvalue weighted by molar-refractivity contribution is 5.93. The molecule has 0 heteroatoms. The normalized spacial score (nSPS) is 10.8. The average molecular weight is 767 g/mol. The van der Waals surface area contributed by atoms with E-state index in [1.165, 1.54) is 100 Å². The Bertz CT molecular complexity index is 2610. The predicted molar refractivity (Wildman–Crippen MR) is 257 cm³/mol. The van der Waals surface area contributed by atoms with Crippen LogP contribution in [0.4, 0.5) is 0 Å². The molecule has 0 aliphatic carbocycles. The van der Waals surface area contributed by atoms with Crippen LogP contribution in [0.15, 0.2) is 231 Å². The standard InChI is InChI=1S/C60H46/c1-43-39-55(35-37-57(43)53-27-23-45(24-28-53)41-59(49-15-7-3-8-16-49)50-17-9-4-10-18-50)47-31-33-48(34-32-47)56-36-38-58(44(2)40-56)54-29-25-46(26-30-54)42-60(51-19-11-5-12-20-51)52-21-13-6-14-22-52/h3-42H,1-2H3. The number of hydrogen-bond acceptors (Lipinski definition) is 0. The number of benzene rings is 9. The van der Waals surface area contributed by atoms with Gasteiger partial charge in [-0.15, -0.1) is 0 Å². The van der Waals surface area contributed by atoms with Crippen LogP contribution in [0.2, 0.25) is 0 Å². The second-order valence-corrected chi connectivity index (χ2v) is 15.5. The van der Waals surface area contributed by atoms with E-state index in [4.69, 9.17) is 0 Å². The van der Waals surface area contributed by atoms with Gasteiger partial charge in [-0.3, -0.25) is 0 Å². The molecule has 0 atom stereocenters. The van der Waals surface area contributed by atoms with Crippen molar-refractivity contribution in [3.63, 3.8) is 0 Å². The Morgan fingerprint density at radius 3 is 0.817 bits per heavy atom. The van der Waals surface area contributed by atoms with Crippen LogP contribution >= 0.6 is 0 Å². The topological polar surface area (TPSA) is 0 Å². The summed E-state index contributed by atoms with van der Waals surface area (Å²) in [5.74, 6) is 0. The first-order valence-corrected chi connectivity index (χ1v) is 20.7. The molecule has 0 fully saturated rings. The molecule has 0 N–H and O–H groups in total. The Kier molecular flexibility index (Phi) is 11.1. The largest absolute Gasteiger partial charge is 0.0622 e. The fourth-order valence-electron chi connectivity index (χ4n) is 8.18. The minimum Gasteiger partial charge on any atom is -0.0622 e. The molecule has 9 aromatic rings. The van der Waals surface area contributed by atoms with E-state index in [0.29, 0.717) is 0 Å². The zero-order valence-corrected chi connectivity index (χ0v) is 34.1. The third-order valence-electron chi connectivity index (χ3n) is 11.4. The first-order chi connectivity index (χ1) is 29.6. The van der Waals surface area contributed by atoms with E-state index in [9.17, 15) is 0 Å². The van der Waals surface area contributed by atoms with Gasteiger partial charge in [0.15, 0.2) is 0 Å². The van der Waals surface area contributed by atoms with Gasteiger partial charge in [-0.2, -0.15) is 0 Å². The number of rotatable bonds is 10. The van der Waals surface area contributed by atoms with Crippen LogP contribution in [0.25, 0.3) is 67.8 Å². The van der Waals surface area contributed by atoms with Crippen molar-refractivity contribution in [2.45, 2.75) is 13.8 Å². The first-order valence-electron chi connectivity index (χ1n) is 20.7. The maximum absolute atomic E-state index is 2.31. The minimum absolute atomic E-state index is 1.18. The fraction of sp³-hybridized carbons (Fsp3) is 0.0333. The molecule has 0 saturated heterocycles. The molecule has 0 amide bonds. The highest BCUT2D eigenvalue weighted by Crippen LogP contribution is 2.34. The molecule has 0 spiro atoms. The van der Waals surface area contributed by atoms with Crippen molar-refractivity contribution in [1.29, 1.82) is 0 Å². The Morgan fingerprint density at radius 1 is 0.267 bits per heavy atom. The monoisotopic (exact) mass is 766 g/mol. The molecule has 286 valence electrons. The van der Waals surface area contributed by atoms with Crippen molar-refractivity contribution in [3.8, 4) is 44.5 Å². The van der Waals surface area contributed by atoms with Crippen molar-refractivity contribution < 1.29 is 0 Å². The van der Waals surface area contributed by atoms with Gasteiger partial charge >= 0.3 is 0 Å². The first kappa shape index (κ1) is 38.0. The molecule has 0 radical (unpaired) electrons. The van der Waals surface area contributed by atoms with Gasteiger partial charge in [-0.25, -0.2) is 0 Å². The van der Waals surface area contributed by atoms with E-state index in [1.807, 2.05) is 0 Å². The summed E-state index contributed by atoms with van der Waals surface area (Å²) in [6, 6.07) is 83.0. The molecule has 9 rings (SSSR count). The van der Waals surface area contributed by atoms with E-state index in [-0.39, 0.29) is 0 Å². The molecule has 60 heavy (non-hydrogen) atoms. The molecule has 0 aromatic heterocycles. The summed E-state index contributed by atoms with van der Waals surface area (Å²) in [5, 5.41) is 0. The van der Waals surface area contributed by atoms with Crippen LogP contribution in [0.5, 0.6) is 0 Å². The zero-order chi connectivity index (χ0) is 40.7. The van der Waals surface area contributed by atoms with Gasteiger partial charge in [0.1, 0.15) is 0 Å². The third kappa shape index (κ3) is 8.51. The Morgan fingerprint density at radius 2 is 0.533 bits per heavy atom. The lowest BCUT2D eigenvalue weighted by molar-refractivity contribution is 1.44. The predicted octanol–water partition coefficient (Wildman–Crippen LogP) is 16.1. The SMILES string of the molecule is Cc1cc(-c2ccc(-c3ccc(-c4ccc(C=C(c5ccccc5)c5ccccc5)cc4)c(C)c3)cc2)ccc1-c1ccc(C=C(c2ccccc2)c2ccccc2)cc1. The summed E-state index contributed by atoms with van der Waals surface area (Å²) in [6.07, 6.45) is 4.57. The lowest BCUT2D eigenvalue weighted by Crippen LogP contribution is -1.89. The van der Waals surface area contributed by atoms with Crippen LogP contribution in [0.1, 0.15) is 44.5 Å².